The highest BCUT2D eigenvalue weighted by molar-refractivity contribution is 6.36. The molecular formula is C13H10Cl2FN3O. The zero-order chi connectivity index (χ0) is 14.7. The van der Waals surface area contributed by atoms with Crippen LogP contribution < -0.4 is 16.6 Å². The second kappa shape index (κ2) is 5.98. The molecule has 0 bridgehead atoms. The molecule has 0 heterocycles. The van der Waals surface area contributed by atoms with Crippen molar-refractivity contribution in [3.8, 4) is 0 Å². The second-order valence-electron chi connectivity index (χ2n) is 3.91. The minimum Gasteiger partial charge on any atom is -0.398 e. The van der Waals surface area contributed by atoms with E-state index < -0.39 is 11.7 Å². The molecule has 1 amide bonds. The molecule has 2 rings (SSSR count). The number of nitrogens with one attached hydrogen (secondary N) is 2. The van der Waals surface area contributed by atoms with E-state index in [1.165, 1.54) is 18.2 Å². The van der Waals surface area contributed by atoms with E-state index in [1.807, 2.05) is 0 Å². The number of halogens is 3. The Balaban J connectivity index is 2.13. The van der Waals surface area contributed by atoms with Crippen LogP contribution in [0.1, 0.15) is 10.4 Å². The lowest BCUT2D eigenvalue weighted by Crippen LogP contribution is -2.30. The van der Waals surface area contributed by atoms with Gasteiger partial charge in [-0.2, -0.15) is 0 Å². The lowest BCUT2D eigenvalue weighted by atomic mass is 10.1. The predicted molar refractivity (Wildman–Crippen MR) is 78.4 cm³/mol. The molecule has 7 heteroatoms. The molecule has 0 spiro atoms. The molecule has 0 radical (unpaired) electrons. The standard InChI is InChI=1S/C13H10Cl2FN3O/c14-7-4-5-11(8(15)6-7)18-19-13(20)12-9(16)2-1-3-10(12)17/h1-6,18H,17H2,(H,19,20). The summed E-state index contributed by atoms with van der Waals surface area (Å²) in [6.07, 6.45) is 0. The van der Waals surface area contributed by atoms with Crippen molar-refractivity contribution in [1.29, 1.82) is 0 Å². The van der Waals surface area contributed by atoms with Gasteiger partial charge in [-0.25, -0.2) is 4.39 Å². The summed E-state index contributed by atoms with van der Waals surface area (Å²) in [6, 6.07) is 8.70. The van der Waals surface area contributed by atoms with Crippen LogP contribution >= 0.6 is 23.2 Å². The Hall–Kier alpha value is -1.98. The molecule has 0 saturated carbocycles. The fourth-order valence-corrected chi connectivity index (χ4v) is 2.01. The average Bonchev–Trinajstić information content (AvgIpc) is 2.37. The van der Waals surface area contributed by atoms with Gasteiger partial charge in [-0.1, -0.05) is 29.3 Å². The maximum absolute atomic E-state index is 13.5. The number of nitrogen functional groups attached to an aromatic ring is 1. The number of benzene rings is 2. The number of amides is 1. The molecule has 0 unspecified atom stereocenters. The molecule has 0 saturated heterocycles. The Kier molecular flexibility index (Phi) is 4.32. The fourth-order valence-electron chi connectivity index (χ4n) is 1.56. The number of anilines is 2. The summed E-state index contributed by atoms with van der Waals surface area (Å²) in [4.78, 5) is 11.9. The minimum atomic E-state index is -0.702. The summed E-state index contributed by atoms with van der Waals surface area (Å²) < 4.78 is 13.5. The van der Waals surface area contributed by atoms with E-state index in [4.69, 9.17) is 28.9 Å². The van der Waals surface area contributed by atoms with Crippen molar-refractivity contribution < 1.29 is 9.18 Å². The third kappa shape index (κ3) is 3.12. The molecule has 0 aliphatic carbocycles. The topological polar surface area (TPSA) is 67.2 Å². The number of nitrogens with two attached hydrogens (primary N) is 1. The molecule has 0 aliphatic heterocycles. The molecule has 4 N–H and O–H groups in total. The first-order valence-electron chi connectivity index (χ1n) is 5.54. The van der Waals surface area contributed by atoms with Crippen molar-refractivity contribution in [2.75, 3.05) is 11.2 Å². The van der Waals surface area contributed by atoms with Crippen molar-refractivity contribution in [2.24, 2.45) is 0 Å². The Morgan fingerprint density at radius 3 is 2.60 bits per heavy atom. The van der Waals surface area contributed by atoms with E-state index in [-0.39, 0.29) is 11.3 Å². The zero-order valence-corrected chi connectivity index (χ0v) is 11.6. The summed E-state index contributed by atoms with van der Waals surface area (Å²) in [5.41, 5.74) is 10.7. The molecule has 0 fully saturated rings. The van der Waals surface area contributed by atoms with Crippen LogP contribution in [0.3, 0.4) is 0 Å². The van der Waals surface area contributed by atoms with E-state index in [0.29, 0.717) is 15.7 Å². The molecule has 2 aromatic rings. The second-order valence-corrected chi connectivity index (χ2v) is 4.75. The van der Waals surface area contributed by atoms with Gasteiger partial charge in [0.25, 0.3) is 5.91 Å². The SMILES string of the molecule is Nc1cccc(F)c1C(=O)NNc1ccc(Cl)cc1Cl. The quantitative estimate of drug-likeness (QED) is 0.600. The minimum absolute atomic E-state index is 0.0477. The molecule has 4 nitrogen and oxygen atoms in total. The van der Waals surface area contributed by atoms with Gasteiger partial charge in [0.1, 0.15) is 5.82 Å². The third-order valence-electron chi connectivity index (χ3n) is 2.51. The summed E-state index contributed by atoms with van der Waals surface area (Å²) in [7, 11) is 0. The normalized spacial score (nSPS) is 10.2. The van der Waals surface area contributed by atoms with Crippen LogP contribution in [-0.4, -0.2) is 5.91 Å². The van der Waals surface area contributed by atoms with Crippen LogP contribution in [0.4, 0.5) is 15.8 Å². The Morgan fingerprint density at radius 1 is 1.20 bits per heavy atom. The first-order valence-corrected chi connectivity index (χ1v) is 6.30. The van der Waals surface area contributed by atoms with Crippen LogP contribution in [0, 0.1) is 5.82 Å². The largest absolute Gasteiger partial charge is 0.398 e. The summed E-state index contributed by atoms with van der Waals surface area (Å²) in [6.45, 7) is 0. The van der Waals surface area contributed by atoms with Crippen molar-refractivity contribution in [3.05, 3.63) is 57.8 Å². The Bertz CT molecular complexity index is 644. The number of hydrogen-bond donors (Lipinski definition) is 3. The van der Waals surface area contributed by atoms with Crippen molar-refractivity contribution in [3.63, 3.8) is 0 Å². The summed E-state index contributed by atoms with van der Waals surface area (Å²) >= 11 is 11.7. The Labute approximate surface area is 124 Å². The van der Waals surface area contributed by atoms with E-state index in [2.05, 4.69) is 10.9 Å². The first-order chi connectivity index (χ1) is 9.49. The maximum Gasteiger partial charge on any atom is 0.274 e. The van der Waals surface area contributed by atoms with E-state index in [1.54, 1.807) is 12.1 Å². The van der Waals surface area contributed by atoms with Gasteiger partial charge in [0, 0.05) is 10.7 Å². The van der Waals surface area contributed by atoms with Crippen molar-refractivity contribution in [2.45, 2.75) is 0 Å². The monoisotopic (exact) mass is 313 g/mol. The van der Waals surface area contributed by atoms with Crippen LogP contribution in [0.5, 0.6) is 0 Å². The van der Waals surface area contributed by atoms with Gasteiger partial charge in [0.15, 0.2) is 0 Å². The molecule has 0 aromatic heterocycles. The van der Waals surface area contributed by atoms with Crippen LogP contribution in [0.2, 0.25) is 10.0 Å². The lowest BCUT2D eigenvalue weighted by molar-refractivity contribution is 0.0959. The zero-order valence-electron chi connectivity index (χ0n) is 10.1. The van der Waals surface area contributed by atoms with Gasteiger partial charge in [-0.15, -0.1) is 0 Å². The number of rotatable bonds is 3. The van der Waals surface area contributed by atoms with Crippen LogP contribution in [0.25, 0.3) is 0 Å². The number of hydrogen-bond acceptors (Lipinski definition) is 3. The highest BCUT2D eigenvalue weighted by Gasteiger charge is 2.15. The molecule has 2 aromatic carbocycles. The molecule has 104 valence electrons. The van der Waals surface area contributed by atoms with E-state index in [9.17, 15) is 9.18 Å². The Morgan fingerprint density at radius 2 is 1.95 bits per heavy atom. The van der Waals surface area contributed by atoms with Crippen molar-refractivity contribution in [1.82, 2.24) is 5.43 Å². The van der Waals surface area contributed by atoms with E-state index >= 15 is 0 Å². The van der Waals surface area contributed by atoms with Gasteiger partial charge in [0.2, 0.25) is 0 Å². The van der Waals surface area contributed by atoms with Gasteiger partial charge in [-0.3, -0.25) is 15.6 Å². The van der Waals surface area contributed by atoms with Crippen molar-refractivity contribution >= 4 is 40.5 Å². The average molecular weight is 314 g/mol. The van der Waals surface area contributed by atoms with Crippen LogP contribution in [-0.2, 0) is 0 Å². The van der Waals surface area contributed by atoms with Gasteiger partial charge in [-0.05, 0) is 30.3 Å². The predicted octanol–water partition coefficient (Wildman–Crippen LogP) is 3.47. The maximum atomic E-state index is 13.5. The first kappa shape index (κ1) is 14.4. The van der Waals surface area contributed by atoms with E-state index in [0.717, 1.165) is 6.07 Å². The third-order valence-corrected chi connectivity index (χ3v) is 3.06. The lowest BCUT2D eigenvalue weighted by Gasteiger charge is -2.11. The molecule has 0 atom stereocenters. The fraction of sp³-hybridized carbons (Fsp3) is 0. The number of hydrazine groups is 1. The number of carbonyl (C=O) groups is 1. The smallest absolute Gasteiger partial charge is 0.274 e. The molecule has 20 heavy (non-hydrogen) atoms. The van der Waals surface area contributed by atoms with Gasteiger partial charge >= 0.3 is 0 Å². The highest BCUT2D eigenvalue weighted by atomic mass is 35.5. The molecule has 0 aliphatic rings. The summed E-state index contributed by atoms with van der Waals surface area (Å²) in [5.74, 6) is -1.40. The molecular weight excluding hydrogens is 304 g/mol. The number of carbonyl (C=O) groups excluding carboxylic acids is 1. The summed E-state index contributed by atoms with van der Waals surface area (Å²) in [5, 5.41) is 0.782. The highest BCUT2D eigenvalue weighted by Crippen LogP contribution is 2.24. The van der Waals surface area contributed by atoms with Gasteiger partial charge < -0.3 is 5.73 Å². The van der Waals surface area contributed by atoms with Gasteiger partial charge in [0.05, 0.1) is 16.3 Å². The van der Waals surface area contributed by atoms with Crippen LogP contribution in [0.15, 0.2) is 36.4 Å².